The zero-order chi connectivity index (χ0) is 10.1. The van der Waals surface area contributed by atoms with Crippen LogP contribution in [0.15, 0.2) is 0 Å². The van der Waals surface area contributed by atoms with Gasteiger partial charge in [-0.2, -0.15) is 0 Å². The second-order valence-corrected chi connectivity index (χ2v) is 6.00. The van der Waals surface area contributed by atoms with Gasteiger partial charge in [0.1, 0.15) is 0 Å². The first kappa shape index (κ1) is 11.2. The minimum atomic E-state index is 0.524. The second kappa shape index (κ2) is 4.11. The van der Waals surface area contributed by atoms with Crippen LogP contribution in [0.3, 0.4) is 0 Å². The van der Waals surface area contributed by atoms with Crippen molar-refractivity contribution >= 4 is 15.7 Å². The summed E-state index contributed by atoms with van der Waals surface area (Å²) in [6.45, 7) is 7.19. The molecule has 2 heteroatoms. The molecule has 13 heavy (non-hydrogen) atoms. The van der Waals surface area contributed by atoms with Crippen LogP contribution in [0.2, 0.25) is 5.21 Å². The van der Waals surface area contributed by atoms with E-state index in [1.54, 1.807) is 0 Å². The fourth-order valence-electron chi connectivity index (χ4n) is 3.56. The summed E-state index contributed by atoms with van der Waals surface area (Å²) in [5.41, 5.74) is 0. The third kappa shape index (κ3) is 2.54. The molecule has 3 unspecified atom stereocenters. The van der Waals surface area contributed by atoms with Crippen LogP contribution < -0.4 is 0 Å². The summed E-state index contributed by atoms with van der Waals surface area (Å²) in [6.07, 6.45) is 5.76. The molecule has 0 radical (unpaired) electrons. The summed E-state index contributed by atoms with van der Waals surface area (Å²) in [4.78, 5) is 0. The zero-order valence-corrected chi connectivity index (χ0v) is 10.1. The van der Waals surface area contributed by atoms with Gasteiger partial charge in [0.05, 0.1) is 15.7 Å². The largest absolute Gasteiger partial charge is 0.0992 e. The lowest BCUT2D eigenvalue weighted by Crippen LogP contribution is -2.28. The molecule has 0 saturated heterocycles. The van der Waals surface area contributed by atoms with Crippen molar-refractivity contribution in [3.63, 3.8) is 0 Å². The van der Waals surface area contributed by atoms with Crippen molar-refractivity contribution in [3.8, 4) is 0 Å². The first-order valence-electron chi connectivity index (χ1n) is 5.96. The van der Waals surface area contributed by atoms with Crippen LogP contribution in [0.1, 0.15) is 46.5 Å². The summed E-state index contributed by atoms with van der Waals surface area (Å²) >= 11 is 0. The molecule has 1 fully saturated rings. The molecule has 74 valence electrons. The van der Waals surface area contributed by atoms with Crippen molar-refractivity contribution in [2.24, 2.45) is 17.8 Å². The molecule has 0 spiro atoms. The van der Waals surface area contributed by atoms with E-state index < -0.39 is 0 Å². The Bertz CT molecular complexity index is 158. The molecule has 0 aromatic carbocycles. The molecule has 1 aliphatic rings. The van der Waals surface area contributed by atoms with Gasteiger partial charge in [-0.15, -0.1) is 0 Å². The average Bonchev–Trinajstić information content (AvgIpc) is 2.31. The summed E-state index contributed by atoms with van der Waals surface area (Å²) in [6, 6.07) is 0. The smallest absolute Gasteiger partial charge is 0.0840 e. The van der Waals surface area contributed by atoms with E-state index >= 15 is 0 Å². The van der Waals surface area contributed by atoms with E-state index in [9.17, 15) is 0 Å². The van der Waals surface area contributed by atoms with Gasteiger partial charge in [0, 0.05) is 0 Å². The highest BCUT2D eigenvalue weighted by Crippen LogP contribution is 2.49. The van der Waals surface area contributed by atoms with Crippen LogP contribution in [0.4, 0.5) is 0 Å². The third-order valence-corrected chi connectivity index (χ3v) is 3.77. The topological polar surface area (TPSA) is 0 Å². The first-order valence-corrected chi connectivity index (χ1v) is 5.96. The summed E-state index contributed by atoms with van der Waals surface area (Å²) in [5, 5.41) is 0.524. The Morgan fingerprint density at radius 2 is 1.92 bits per heavy atom. The Morgan fingerprint density at radius 1 is 1.31 bits per heavy atom. The van der Waals surface area contributed by atoms with E-state index in [0.29, 0.717) is 5.21 Å². The molecule has 0 aromatic rings. The van der Waals surface area contributed by atoms with Crippen LogP contribution in [0, 0.1) is 17.8 Å². The lowest BCUT2D eigenvalue weighted by Gasteiger charge is -2.35. The molecule has 0 amide bonds. The molecular weight excluding hydrogens is 154 g/mol. The molecule has 0 bridgehead atoms. The van der Waals surface area contributed by atoms with Crippen molar-refractivity contribution in [1.29, 1.82) is 0 Å². The lowest BCUT2D eigenvalue weighted by atomic mass is 9.46. The van der Waals surface area contributed by atoms with E-state index in [1.165, 1.54) is 25.7 Å². The average molecular weight is 178 g/mol. The predicted molar refractivity (Wildman–Crippen MR) is 65.7 cm³/mol. The number of rotatable bonds is 3. The molecule has 1 rings (SSSR count). The SMILES string of the molecule is BC(B)(C)C1C(C)CCC1CCC. The maximum Gasteiger partial charge on any atom is 0.0992 e. The molecule has 3 atom stereocenters. The van der Waals surface area contributed by atoms with Gasteiger partial charge in [0.2, 0.25) is 0 Å². The first-order chi connectivity index (χ1) is 5.96. The van der Waals surface area contributed by atoms with Gasteiger partial charge in [-0.05, 0) is 24.2 Å². The van der Waals surface area contributed by atoms with Gasteiger partial charge < -0.3 is 0 Å². The van der Waals surface area contributed by atoms with E-state index in [0.717, 1.165) is 17.8 Å². The summed E-state index contributed by atoms with van der Waals surface area (Å²) in [7, 11) is 4.84. The highest BCUT2D eigenvalue weighted by molar-refractivity contribution is 6.39. The minimum Gasteiger partial charge on any atom is -0.0840 e. The van der Waals surface area contributed by atoms with E-state index in [1.807, 2.05) is 0 Å². The lowest BCUT2D eigenvalue weighted by molar-refractivity contribution is 0.281. The van der Waals surface area contributed by atoms with Gasteiger partial charge in [-0.1, -0.05) is 45.2 Å². The molecule has 0 aromatic heterocycles. The molecule has 1 aliphatic carbocycles. The fraction of sp³-hybridized carbons (Fsp3) is 1.00. The van der Waals surface area contributed by atoms with Gasteiger partial charge in [0.25, 0.3) is 0 Å². The van der Waals surface area contributed by atoms with Crippen LogP contribution >= 0.6 is 0 Å². The summed E-state index contributed by atoms with van der Waals surface area (Å²) < 4.78 is 0. The van der Waals surface area contributed by atoms with Crippen molar-refractivity contribution in [2.45, 2.75) is 51.7 Å². The maximum atomic E-state index is 2.45. The van der Waals surface area contributed by atoms with Crippen molar-refractivity contribution < 1.29 is 0 Å². The summed E-state index contributed by atoms with van der Waals surface area (Å²) in [5.74, 6) is 2.93. The monoisotopic (exact) mass is 178 g/mol. The van der Waals surface area contributed by atoms with Crippen molar-refractivity contribution in [3.05, 3.63) is 0 Å². The Kier molecular flexibility index (Phi) is 3.54. The Balaban J connectivity index is 2.65. The van der Waals surface area contributed by atoms with E-state index in [-0.39, 0.29) is 0 Å². The fourth-order valence-corrected chi connectivity index (χ4v) is 3.56. The highest BCUT2D eigenvalue weighted by atomic mass is 14.4. The Morgan fingerprint density at radius 3 is 2.38 bits per heavy atom. The Labute approximate surface area is 85.7 Å². The minimum absolute atomic E-state index is 0.524. The molecule has 0 N–H and O–H groups in total. The van der Waals surface area contributed by atoms with Gasteiger partial charge in [0.15, 0.2) is 0 Å². The number of hydrogen-bond donors (Lipinski definition) is 0. The van der Waals surface area contributed by atoms with Gasteiger partial charge in [-0.3, -0.25) is 0 Å². The van der Waals surface area contributed by atoms with Crippen LogP contribution in [-0.2, 0) is 0 Å². The molecule has 0 nitrogen and oxygen atoms in total. The van der Waals surface area contributed by atoms with Gasteiger partial charge in [-0.25, -0.2) is 0 Å². The van der Waals surface area contributed by atoms with Crippen molar-refractivity contribution in [2.75, 3.05) is 0 Å². The zero-order valence-electron chi connectivity index (χ0n) is 10.1. The van der Waals surface area contributed by atoms with Crippen LogP contribution in [0.5, 0.6) is 0 Å². The Hall–Kier alpha value is 0.130. The molecule has 0 aliphatic heterocycles. The van der Waals surface area contributed by atoms with E-state index in [4.69, 9.17) is 0 Å². The molecular formula is C11H24B2. The molecule has 0 heterocycles. The second-order valence-electron chi connectivity index (χ2n) is 6.00. The van der Waals surface area contributed by atoms with Crippen LogP contribution in [0.25, 0.3) is 0 Å². The standard InChI is InChI=1S/C11H24B2/c1-4-5-9-7-6-8(2)10(9)11(3,12)13/h8-10H,4-7,12-13H2,1-3H3. The van der Waals surface area contributed by atoms with Crippen LogP contribution in [-0.4, -0.2) is 15.7 Å². The van der Waals surface area contributed by atoms with Gasteiger partial charge >= 0.3 is 0 Å². The number of hydrogen-bond acceptors (Lipinski definition) is 0. The third-order valence-electron chi connectivity index (χ3n) is 3.77. The predicted octanol–water partition coefficient (Wildman–Crippen LogP) is 1.85. The normalized spacial score (nSPS) is 35.2. The van der Waals surface area contributed by atoms with E-state index in [2.05, 4.69) is 36.5 Å². The quantitative estimate of drug-likeness (QED) is 0.578. The van der Waals surface area contributed by atoms with Crippen molar-refractivity contribution in [1.82, 2.24) is 0 Å². The molecule has 1 saturated carbocycles. The highest BCUT2D eigenvalue weighted by Gasteiger charge is 2.39. The maximum absolute atomic E-state index is 2.45.